The van der Waals surface area contributed by atoms with Crippen molar-refractivity contribution in [2.45, 2.75) is 29.9 Å². The van der Waals surface area contributed by atoms with E-state index in [0.717, 1.165) is 24.0 Å². The van der Waals surface area contributed by atoms with Gasteiger partial charge in [-0.3, -0.25) is 4.21 Å². The van der Waals surface area contributed by atoms with Crippen LogP contribution in [0.4, 0.5) is 0 Å². The molecule has 8 heteroatoms. The van der Waals surface area contributed by atoms with Crippen molar-refractivity contribution >= 4 is 10.8 Å². The molecule has 0 radical (unpaired) electrons. The maximum atomic E-state index is 12.4. The summed E-state index contributed by atoms with van der Waals surface area (Å²) in [6.45, 7) is 3.97. The first-order valence-corrected chi connectivity index (χ1v) is 11.8. The largest absolute Gasteiger partial charge is 0.493 e. The molecule has 1 saturated heterocycles. The second-order valence-electron chi connectivity index (χ2n) is 7.25. The maximum Gasteiger partial charge on any atom is 0.203 e. The summed E-state index contributed by atoms with van der Waals surface area (Å²) in [6.07, 6.45) is 4.54. The number of hydrogen-bond acceptors (Lipinski definition) is 7. The van der Waals surface area contributed by atoms with Crippen LogP contribution in [0.1, 0.15) is 36.2 Å². The van der Waals surface area contributed by atoms with Crippen molar-refractivity contribution < 1.29 is 32.6 Å². The number of ether oxygens (including phenoxy) is 6. The average Bonchev–Trinajstić information content (AvgIpc) is 3.31. The lowest BCUT2D eigenvalue weighted by molar-refractivity contribution is 0.0435. The lowest BCUT2D eigenvalue weighted by Gasteiger charge is -2.20. The monoisotopic (exact) mass is 462 g/mol. The Morgan fingerprint density at radius 1 is 0.906 bits per heavy atom. The third-order valence-corrected chi connectivity index (χ3v) is 6.29. The number of methoxy groups -OCH3 is 4. The van der Waals surface area contributed by atoms with Crippen LogP contribution in [0.2, 0.25) is 0 Å². The van der Waals surface area contributed by atoms with Crippen LogP contribution < -0.4 is 23.7 Å². The van der Waals surface area contributed by atoms with Gasteiger partial charge in [0.2, 0.25) is 5.75 Å². The van der Waals surface area contributed by atoms with E-state index in [1.54, 1.807) is 40.8 Å². The summed E-state index contributed by atoms with van der Waals surface area (Å²) < 4.78 is 46.5. The molecule has 1 aliphatic rings. The van der Waals surface area contributed by atoms with Gasteiger partial charge >= 0.3 is 0 Å². The molecule has 2 aromatic rings. The zero-order valence-electron chi connectivity index (χ0n) is 19.1. The summed E-state index contributed by atoms with van der Waals surface area (Å²) in [4.78, 5) is 0.570. The molecule has 0 bridgehead atoms. The molecular weight excluding hydrogens is 432 g/mol. The Kier molecular flexibility index (Phi) is 8.04. The maximum absolute atomic E-state index is 12.4. The van der Waals surface area contributed by atoms with Crippen LogP contribution in [-0.2, 0) is 15.5 Å². The van der Waals surface area contributed by atoms with Gasteiger partial charge in [-0.25, -0.2) is 0 Å². The first kappa shape index (κ1) is 23.9. The van der Waals surface area contributed by atoms with Crippen molar-refractivity contribution in [2.75, 3.05) is 41.3 Å². The normalized spacial score (nSPS) is 18.7. The summed E-state index contributed by atoms with van der Waals surface area (Å²) in [6, 6.07) is 7.58. The van der Waals surface area contributed by atoms with Gasteiger partial charge in [-0.05, 0) is 48.2 Å². The first-order chi connectivity index (χ1) is 15.5. The number of rotatable bonds is 10. The Morgan fingerprint density at radius 3 is 1.84 bits per heavy atom. The van der Waals surface area contributed by atoms with E-state index in [9.17, 15) is 4.21 Å². The zero-order valence-corrected chi connectivity index (χ0v) is 20.0. The van der Waals surface area contributed by atoms with Gasteiger partial charge in [0, 0.05) is 6.26 Å². The van der Waals surface area contributed by atoms with Gasteiger partial charge in [0.05, 0.1) is 56.3 Å². The summed E-state index contributed by atoms with van der Waals surface area (Å²) in [7, 11) is 5.06. The van der Waals surface area contributed by atoms with Crippen LogP contribution in [0.25, 0.3) is 0 Å². The highest BCUT2D eigenvalue weighted by Crippen LogP contribution is 2.47. The molecule has 0 saturated carbocycles. The second kappa shape index (κ2) is 10.7. The average molecular weight is 463 g/mol. The van der Waals surface area contributed by atoms with E-state index in [2.05, 4.69) is 6.58 Å². The van der Waals surface area contributed by atoms with Crippen LogP contribution in [0.5, 0.6) is 28.7 Å². The molecule has 32 heavy (non-hydrogen) atoms. The standard InChI is InChI=1S/C24H30O7S/c1-7-10-30-24-21(28-4)13-16(14-22(24)32(6)25)18-9-8-17(31-18)15-11-19(26-2)23(29-5)20(12-15)27-3/h7,11-14,17-18H,1,8-10H2,2-6H3. The molecule has 3 atom stereocenters. The van der Waals surface area contributed by atoms with E-state index in [1.165, 1.54) is 0 Å². The molecule has 1 fully saturated rings. The minimum Gasteiger partial charge on any atom is -0.493 e. The Bertz CT molecular complexity index is 964. The van der Waals surface area contributed by atoms with Gasteiger partial charge in [0.1, 0.15) is 6.61 Å². The fourth-order valence-electron chi connectivity index (χ4n) is 3.85. The van der Waals surface area contributed by atoms with Crippen molar-refractivity contribution in [3.05, 3.63) is 48.0 Å². The van der Waals surface area contributed by atoms with Crippen LogP contribution in [0.3, 0.4) is 0 Å². The number of hydrogen-bond donors (Lipinski definition) is 0. The minimum atomic E-state index is -1.27. The second-order valence-corrected chi connectivity index (χ2v) is 8.60. The van der Waals surface area contributed by atoms with Crippen molar-refractivity contribution in [3.63, 3.8) is 0 Å². The molecule has 1 aliphatic heterocycles. The molecule has 0 amide bonds. The molecule has 0 aromatic heterocycles. The zero-order chi connectivity index (χ0) is 23.3. The van der Waals surface area contributed by atoms with Crippen molar-refractivity contribution in [1.82, 2.24) is 0 Å². The quantitative estimate of drug-likeness (QED) is 0.477. The predicted molar refractivity (Wildman–Crippen MR) is 123 cm³/mol. The Hall–Kier alpha value is -2.71. The molecule has 1 heterocycles. The van der Waals surface area contributed by atoms with Crippen LogP contribution in [0.15, 0.2) is 41.8 Å². The summed E-state index contributed by atoms with van der Waals surface area (Å²) in [5.74, 6) is 2.71. The van der Waals surface area contributed by atoms with Gasteiger partial charge in [-0.1, -0.05) is 12.7 Å². The molecule has 174 valence electrons. The molecular formula is C24H30O7S. The molecule has 2 aromatic carbocycles. The van der Waals surface area contributed by atoms with Crippen molar-refractivity contribution in [1.29, 1.82) is 0 Å². The third-order valence-electron chi connectivity index (χ3n) is 5.37. The van der Waals surface area contributed by atoms with Crippen LogP contribution >= 0.6 is 0 Å². The van der Waals surface area contributed by atoms with E-state index in [4.69, 9.17) is 28.4 Å². The fourth-order valence-corrected chi connectivity index (χ4v) is 4.57. The molecule has 3 rings (SSSR count). The van der Waals surface area contributed by atoms with Crippen molar-refractivity contribution in [2.24, 2.45) is 0 Å². The Labute approximate surface area is 191 Å². The van der Waals surface area contributed by atoms with Crippen molar-refractivity contribution in [3.8, 4) is 28.7 Å². The van der Waals surface area contributed by atoms with E-state index < -0.39 is 10.8 Å². The minimum absolute atomic E-state index is 0.146. The molecule has 0 N–H and O–H groups in total. The molecule has 3 unspecified atom stereocenters. The van der Waals surface area contributed by atoms with E-state index >= 15 is 0 Å². The highest BCUT2D eigenvalue weighted by atomic mass is 32.2. The lowest BCUT2D eigenvalue weighted by Crippen LogP contribution is -2.06. The highest BCUT2D eigenvalue weighted by Gasteiger charge is 2.31. The molecule has 0 aliphatic carbocycles. The SMILES string of the molecule is C=CCOc1c(OC)cc(C2CCC(c3cc(OC)c(OC)c(OC)c3)O2)cc1S(C)=O. The highest BCUT2D eigenvalue weighted by molar-refractivity contribution is 7.84. The first-order valence-electron chi connectivity index (χ1n) is 10.2. The van der Waals surface area contributed by atoms with Crippen LogP contribution in [-0.4, -0.2) is 45.5 Å². The summed E-state index contributed by atoms with van der Waals surface area (Å²) in [5, 5.41) is 0. The fraction of sp³-hybridized carbons (Fsp3) is 0.417. The smallest absolute Gasteiger partial charge is 0.203 e. The Morgan fingerprint density at radius 2 is 1.41 bits per heavy atom. The van der Waals surface area contributed by atoms with Gasteiger partial charge in [0.25, 0.3) is 0 Å². The third kappa shape index (κ3) is 4.86. The topological polar surface area (TPSA) is 72.5 Å². The van der Waals surface area contributed by atoms with E-state index in [-0.39, 0.29) is 12.2 Å². The predicted octanol–water partition coefficient (Wildman–Crippen LogP) is 4.62. The summed E-state index contributed by atoms with van der Waals surface area (Å²) >= 11 is 0. The van der Waals surface area contributed by atoms with E-state index in [0.29, 0.717) is 40.2 Å². The molecule has 7 nitrogen and oxygen atoms in total. The lowest BCUT2D eigenvalue weighted by atomic mass is 10.0. The number of benzene rings is 2. The summed E-state index contributed by atoms with van der Waals surface area (Å²) in [5.41, 5.74) is 1.84. The van der Waals surface area contributed by atoms with Gasteiger partial charge in [-0.2, -0.15) is 0 Å². The van der Waals surface area contributed by atoms with Crippen LogP contribution in [0, 0.1) is 0 Å². The Balaban J connectivity index is 1.92. The van der Waals surface area contributed by atoms with E-state index in [1.807, 2.05) is 24.3 Å². The van der Waals surface area contributed by atoms with Gasteiger partial charge in [-0.15, -0.1) is 0 Å². The molecule has 0 spiro atoms. The van der Waals surface area contributed by atoms with Gasteiger partial charge in [0.15, 0.2) is 23.0 Å². The van der Waals surface area contributed by atoms with Gasteiger partial charge < -0.3 is 28.4 Å².